The van der Waals surface area contributed by atoms with Crippen molar-refractivity contribution in [3.05, 3.63) is 75.5 Å². The fraction of sp³-hybridized carbons (Fsp3) is 0.217. The first-order chi connectivity index (χ1) is 14.6. The third kappa shape index (κ3) is 3.67. The summed E-state index contributed by atoms with van der Waals surface area (Å²) in [5.74, 6) is 1.22. The molecule has 0 atom stereocenters. The maximum Gasteiger partial charge on any atom is 0.269 e. The number of hydrogen-bond donors (Lipinski definition) is 1. The Morgan fingerprint density at radius 3 is 2.43 bits per heavy atom. The van der Waals surface area contributed by atoms with Crippen LogP contribution in [0.4, 0.5) is 17.2 Å². The molecule has 0 amide bonds. The molecule has 0 spiro atoms. The van der Waals surface area contributed by atoms with Crippen LogP contribution in [0.1, 0.15) is 29.7 Å². The molecule has 0 bridgehead atoms. The van der Waals surface area contributed by atoms with E-state index >= 15 is 0 Å². The number of aromatic nitrogens is 1. The minimum atomic E-state index is -0.441. The zero-order chi connectivity index (χ0) is 21.1. The number of hydrogen-bond acceptors (Lipinski definition) is 6. The number of ether oxygens (including phenoxy) is 1. The fourth-order valence-electron chi connectivity index (χ4n) is 3.82. The van der Waals surface area contributed by atoms with E-state index in [2.05, 4.69) is 11.4 Å². The second-order valence-electron chi connectivity index (χ2n) is 7.11. The normalized spacial score (nSPS) is 12.5. The van der Waals surface area contributed by atoms with Crippen molar-refractivity contribution in [2.24, 2.45) is 0 Å². The third-order valence-electron chi connectivity index (χ3n) is 5.31. The van der Waals surface area contributed by atoms with Gasteiger partial charge in [-0.15, -0.1) is 0 Å². The van der Waals surface area contributed by atoms with Gasteiger partial charge in [0.2, 0.25) is 0 Å². The number of benzene rings is 2. The van der Waals surface area contributed by atoms with Crippen molar-refractivity contribution in [3.8, 4) is 22.9 Å². The summed E-state index contributed by atoms with van der Waals surface area (Å²) < 4.78 is 5.27. The van der Waals surface area contributed by atoms with Crippen molar-refractivity contribution in [1.29, 1.82) is 5.26 Å². The predicted octanol–water partition coefficient (Wildman–Crippen LogP) is 5.16. The molecule has 0 fully saturated rings. The first kappa shape index (κ1) is 19.4. The number of nitrogens with one attached hydrogen (secondary N) is 1. The second-order valence-corrected chi connectivity index (χ2v) is 7.11. The molecule has 1 aromatic heterocycles. The van der Waals surface area contributed by atoms with Gasteiger partial charge >= 0.3 is 0 Å². The summed E-state index contributed by atoms with van der Waals surface area (Å²) >= 11 is 0. The minimum Gasteiger partial charge on any atom is -0.497 e. The van der Waals surface area contributed by atoms with Crippen LogP contribution in [0.3, 0.4) is 0 Å². The van der Waals surface area contributed by atoms with Crippen LogP contribution in [-0.2, 0) is 12.8 Å². The lowest BCUT2D eigenvalue weighted by atomic mass is 9.86. The Labute approximate surface area is 174 Å². The van der Waals surface area contributed by atoms with E-state index in [1.165, 1.54) is 12.1 Å². The number of nitro benzene ring substituents is 1. The summed E-state index contributed by atoms with van der Waals surface area (Å²) in [4.78, 5) is 15.2. The second kappa shape index (κ2) is 8.21. The number of rotatable bonds is 5. The zero-order valence-corrected chi connectivity index (χ0v) is 16.5. The molecule has 1 heterocycles. The van der Waals surface area contributed by atoms with E-state index in [-0.39, 0.29) is 5.69 Å². The van der Waals surface area contributed by atoms with Gasteiger partial charge in [-0.25, -0.2) is 4.98 Å². The van der Waals surface area contributed by atoms with E-state index in [1.54, 1.807) is 19.2 Å². The summed E-state index contributed by atoms with van der Waals surface area (Å²) in [5, 5.41) is 24.1. The zero-order valence-electron chi connectivity index (χ0n) is 16.5. The van der Waals surface area contributed by atoms with Gasteiger partial charge < -0.3 is 10.1 Å². The van der Waals surface area contributed by atoms with Crippen LogP contribution in [0, 0.1) is 21.4 Å². The Balaban J connectivity index is 1.82. The van der Waals surface area contributed by atoms with E-state index in [0.29, 0.717) is 17.1 Å². The summed E-state index contributed by atoms with van der Waals surface area (Å²) in [5.41, 5.74) is 5.08. The average Bonchev–Trinajstić information content (AvgIpc) is 2.78. The van der Waals surface area contributed by atoms with Crippen molar-refractivity contribution in [1.82, 2.24) is 4.98 Å². The molecule has 0 aliphatic heterocycles. The molecule has 3 aromatic rings. The maximum absolute atomic E-state index is 10.9. The number of anilines is 2. The highest BCUT2D eigenvalue weighted by molar-refractivity contribution is 5.82. The molecular weight excluding hydrogens is 380 g/mol. The van der Waals surface area contributed by atoms with E-state index in [0.717, 1.165) is 53.8 Å². The van der Waals surface area contributed by atoms with E-state index < -0.39 is 4.92 Å². The Hall–Kier alpha value is -3.92. The lowest BCUT2D eigenvalue weighted by molar-refractivity contribution is -0.384. The van der Waals surface area contributed by atoms with Gasteiger partial charge in [-0.05, 0) is 61.1 Å². The topological polar surface area (TPSA) is 101 Å². The Morgan fingerprint density at radius 2 is 1.80 bits per heavy atom. The lowest BCUT2D eigenvalue weighted by Crippen LogP contribution is -2.12. The standard InChI is InChI=1S/C23H20N4O3/c1-30-18-12-6-15(7-13-18)22-19-4-2-3-5-21(19)26-23(20(22)14-24)25-16-8-10-17(11-9-16)27(28)29/h6-13H,2-5H2,1H3,(H,25,26). The largest absolute Gasteiger partial charge is 0.497 e. The highest BCUT2D eigenvalue weighted by atomic mass is 16.6. The van der Waals surface area contributed by atoms with Gasteiger partial charge in [-0.1, -0.05) is 12.1 Å². The number of aryl methyl sites for hydroxylation is 1. The van der Waals surface area contributed by atoms with Crippen LogP contribution in [0.5, 0.6) is 5.75 Å². The average molecular weight is 400 g/mol. The van der Waals surface area contributed by atoms with Crippen LogP contribution >= 0.6 is 0 Å². The van der Waals surface area contributed by atoms with Crippen LogP contribution in [0.2, 0.25) is 0 Å². The number of nitro groups is 1. The Bertz CT molecular complexity index is 1130. The molecule has 1 aliphatic carbocycles. The number of fused-ring (bicyclic) bond motifs is 1. The Kier molecular flexibility index (Phi) is 5.31. The highest BCUT2D eigenvalue weighted by Crippen LogP contribution is 2.38. The molecule has 0 unspecified atom stereocenters. The monoisotopic (exact) mass is 400 g/mol. The highest BCUT2D eigenvalue weighted by Gasteiger charge is 2.23. The minimum absolute atomic E-state index is 0.0124. The number of non-ortho nitro benzene ring substituents is 1. The predicted molar refractivity (Wildman–Crippen MR) is 114 cm³/mol. The lowest BCUT2D eigenvalue weighted by Gasteiger charge is -2.22. The molecule has 30 heavy (non-hydrogen) atoms. The van der Waals surface area contributed by atoms with Crippen molar-refractivity contribution in [3.63, 3.8) is 0 Å². The summed E-state index contributed by atoms with van der Waals surface area (Å²) in [6.07, 6.45) is 3.87. The molecule has 0 radical (unpaired) electrons. The molecule has 2 aromatic carbocycles. The molecule has 0 saturated carbocycles. The first-order valence-electron chi connectivity index (χ1n) is 9.72. The molecule has 4 rings (SSSR count). The maximum atomic E-state index is 10.9. The van der Waals surface area contributed by atoms with E-state index in [1.807, 2.05) is 24.3 Å². The van der Waals surface area contributed by atoms with Crippen molar-refractivity contribution in [2.45, 2.75) is 25.7 Å². The van der Waals surface area contributed by atoms with Gasteiger partial charge in [0, 0.05) is 29.1 Å². The van der Waals surface area contributed by atoms with Gasteiger partial charge in [0.25, 0.3) is 5.69 Å². The molecule has 1 aliphatic rings. The van der Waals surface area contributed by atoms with Crippen molar-refractivity contribution >= 4 is 17.2 Å². The number of methoxy groups -OCH3 is 1. The van der Waals surface area contributed by atoms with Crippen LogP contribution < -0.4 is 10.1 Å². The summed E-state index contributed by atoms with van der Waals surface area (Å²) in [6.45, 7) is 0. The van der Waals surface area contributed by atoms with Crippen LogP contribution in [-0.4, -0.2) is 17.0 Å². The van der Waals surface area contributed by atoms with Gasteiger partial charge in [-0.3, -0.25) is 10.1 Å². The summed E-state index contributed by atoms with van der Waals surface area (Å²) in [6, 6.07) is 16.1. The number of nitriles is 1. The fourth-order valence-corrected chi connectivity index (χ4v) is 3.82. The third-order valence-corrected chi connectivity index (χ3v) is 5.31. The van der Waals surface area contributed by atoms with Gasteiger partial charge in [0.05, 0.1) is 12.0 Å². The molecular formula is C23H20N4O3. The van der Waals surface area contributed by atoms with Crippen LogP contribution in [0.25, 0.3) is 11.1 Å². The quantitative estimate of drug-likeness (QED) is 0.469. The van der Waals surface area contributed by atoms with E-state index in [4.69, 9.17) is 9.72 Å². The smallest absolute Gasteiger partial charge is 0.269 e. The van der Waals surface area contributed by atoms with Gasteiger partial charge in [0.15, 0.2) is 0 Å². The van der Waals surface area contributed by atoms with Crippen LogP contribution in [0.15, 0.2) is 48.5 Å². The first-order valence-corrected chi connectivity index (χ1v) is 9.72. The molecule has 1 N–H and O–H groups in total. The molecule has 7 heteroatoms. The summed E-state index contributed by atoms with van der Waals surface area (Å²) in [7, 11) is 1.62. The van der Waals surface area contributed by atoms with Gasteiger partial charge in [-0.2, -0.15) is 5.26 Å². The van der Waals surface area contributed by atoms with E-state index in [9.17, 15) is 15.4 Å². The Morgan fingerprint density at radius 1 is 1.10 bits per heavy atom. The number of pyridine rings is 1. The SMILES string of the molecule is COc1ccc(-c2c(C#N)c(Nc3ccc([N+](=O)[O-])cc3)nc3c2CCCC3)cc1. The van der Waals surface area contributed by atoms with Crippen molar-refractivity contribution < 1.29 is 9.66 Å². The molecule has 0 saturated heterocycles. The molecule has 7 nitrogen and oxygen atoms in total. The van der Waals surface area contributed by atoms with Crippen molar-refractivity contribution in [2.75, 3.05) is 12.4 Å². The number of nitrogens with zero attached hydrogens (tertiary/aromatic N) is 3. The van der Waals surface area contributed by atoms with Gasteiger partial charge in [0.1, 0.15) is 23.2 Å². The molecule has 150 valence electrons.